The molecule has 1 amide bonds. The maximum absolute atomic E-state index is 12.4. The first kappa shape index (κ1) is 15.7. The molecule has 0 saturated carbocycles. The van der Waals surface area contributed by atoms with Crippen molar-refractivity contribution in [2.24, 2.45) is 0 Å². The number of hydrogen-bond donors (Lipinski definition) is 1. The molecule has 24 heavy (non-hydrogen) atoms. The molecule has 1 unspecified atom stereocenters. The molecular weight excluding hydrogens is 302 g/mol. The van der Waals surface area contributed by atoms with Gasteiger partial charge < -0.3 is 10.1 Å². The van der Waals surface area contributed by atoms with Crippen molar-refractivity contribution in [3.63, 3.8) is 0 Å². The van der Waals surface area contributed by atoms with Crippen molar-refractivity contribution in [2.75, 3.05) is 5.32 Å². The van der Waals surface area contributed by atoms with Crippen LogP contribution in [0.1, 0.15) is 17.3 Å². The number of hydrogen-bond acceptors (Lipinski definition) is 3. The van der Waals surface area contributed by atoms with Gasteiger partial charge in [0.25, 0.3) is 5.91 Å². The van der Waals surface area contributed by atoms with Crippen molar-refractivity contribution in [1.29, 1.82) is 0 Å². The molecule has 0 heterocycles. The van der Waals surface area contributed by atoms with Gasteiger partial charge in [0.2, 0.25) is 0 Å². The molecule has 0 spiro atoms. The van der Waals surface area contributed by atoms with Gasteiger partial charge in [0.15, 0.2) is 6.10 Å². The number of para-hydroxylation sites is 1. The number of rotatable bonds is 4. The predicted molar refractivity (Wildman–Crippen MR) is 93.9 cm³/mol. The maximum Gasteiger partial charge on any atom is 0.339 e. The quantitative estimate of drug-likeness (QED) is 0.739. The van der Waals surface area contributed by atoms with Gasteiger partial charge in [-0.3, -0.25) is 4.79 Å². The molecule has 0 aliphatic rings. The lowest BCUT2D eigenvalue weighted by Gasteiger charge is -2.14. The molecule has 0 aromatic heterocycles. The van der Waals surface area contributed by atoms with E-state index in [0.29, 0.717) is 11.3 Å². The number of carbonyl (C=O) groups excluding carboxylic acids is 2. The average Bonchev–Trinajstić information content (AvgIpc) is 2.62. The minimum absolute atomic E-state index is 0.366. The lowest BCUT2D eigenvalue weighted by atomic mass is 10.0. The van der Waals surface area contributed by atoms with E-state index in [4.69, 9.17) is 4.74 Å². The van der Waals surface area contributed by atoms with Crippen LogP contribution in [0.2, 0.25) is 0 Å². The van der Waals surface area contributed by atoms with Gasteiger partial charge >= 0.3 is 5.97 Å². The Hall–Kier alpha value is -3.14. The summed E-state index contributed by atoms with van der Waals surface area (Å²) in [5.74, 6) is -0.878. The van der Waals surface area contributed by atoms with Gasteiger partial charge in [0.05, 0.1) is 5.56 Å². The first-order valence-electron chi connectivity index (χ1n) is 7.70. The number of amides is 1. The predicted octanol–water partition coefficient (Wildman–Crippen LogP) is 4.02. The highest BCUT2D eigenvalue weighted by Gasteiger charge is 2.20. The Morgan fingerprint density at radius 1 is 0.875 bits per heavy atom. The second-order valence-electron chi connectivity index (χ2n) is 5.43. The van der Waals surface area contributed by atoms with Crippen molar-refractivity contribution in [3.8, 4) is 0 Å². The highest BCUT2D eigenvalue weighted by Crippen LogP contribution is 2.20. The number of benzene rings is 3. The first-order chi connectivity index (χ1) is 11.6. The Morgan fingerprint density at radius 3 is 2.33 bits per heavy atom. The van der Waals surface area contributed by atoms with Crippen LogP contribution in [0.15, 0.2) is 72.8 Å². The van der Waals surface area contributed by atoms with Crippen molar-refractivity contribution in [2.45, 2.75) is 13.0 Å². The molecule has 4 nitrogen and oxygen atoms in total. The summed E-state index contributed by atoms with van der Waals surface area (Å²) in [5.41, 5.74) is 1.11. The Morgan fingerprint density at radius 2 is 1.54 bits per heavy atom. The van der Waals surface area contributed by atoms with E-state index >= 15 is 0 Å². The minimum atomic E-state index is -0.892. The van der Waals surface area contributed by atoms with Gasteiger partial charge in [0, 0.05) is 5.69 Å². The van der Waals surface area contributed by atoms with Crippen LogP contribution in [0.25, 0.3) is 10.8 Å². The molecule has 1 N–H and O–H groups in total. The molecule has 3 rings (SSSR count). The third kappa shape index (κ3) is 3.43. The zero-order valence-corrected chi connectivity index (χ0v) is 13.2. The Bertz CT molecular complexity index is 869. The van der Waals surface area contributed by atoms with Gasteiger partial charge in [-0.15, -0.1) is 0 Å². The summed E-state index contributed by atoms with van der Waals surface area (Å²) >= 11 is 0. The SMILES string of the molecule is CC(OC(=O)c1cccc2ccccc12)C(=O)Nc1ccccc1. The molecular formula is C20H17NO3. The standard InChI is InChI=1S/C20H17NO3/c1-14(19(22)21-16-10-3-2-4-11-16)24-20(23)18-13-7-9-15-8-5-6-12-17(15)18/h2-14H,1H3,(H,21,22). The molecule has 0 radical (unpaired) electrons. The van der Waals surface area contributed by atoms with Gasteiger partial charge in [-0.1, -0.05) is 54.6 Å². The van der Waals surface area contributed by atoms with E-state index in [0.717, 1.165) is 10.8 Å². The Labute approximate surface area is 140 Å². The fourth-order valence-corrected chi connectivity index (χ4v) is 2.45. The zero-order chi connectivity index (χ0) is 16.9. The lowest BCUT2D eigenvalue weighted by molar-refractivity contribution is -0.123. The van der Waals surface area contributed by atoms with Crippen molar-refractivity contribution >= 4 is 28.3 Å². The third-order valence-corrected chi connectivity index (χ3v) is 3.70. The zero-order valence-electron chi connectivity index (χ0n) is 13.2. The van der Waals surface area contributed by atoms with Crippen LogP contribution in [-0.2, 0) is 9.53 Å². The molecule has 0 saturated heterocycles. The van der Waals surface area contributed by atoms with Crippen LogP contribution in [0, 0.1) is 0 Å². The van der Waals surface area contributed by atoms with Gasteiger partial charge in [-0.25, -0.2) is 4.79 Å². The van der Waals surface area contributed by atoms with Crippen LogP contribution in [0.4, 0.5) is 5.69 Å². The molecule has 1 atom stereocenters. The van der Waals surface area contributed by atoms with Crippen LogP contribution in [0.5, 0.6) is 0 Å². The van der Waals surface area contributed by atoms with Crippen LogP contribution >= 0.6 is 0 Å². The molecule has 0 aliphatic heterocycles. The third-order valence-electron chi connectivity index (χ3n) is 3.70. The Balaban J connectivity index is 1.72. The highest BCUT2D eigenvalue weighted by molar-refractivity contribution is 6.05. The smallest absolute Gasteiger partial charge is 0.339 e. The van der Waals surface area contributed by atoms with E-state index in [2.05, 4.69) is 5.32 Å². The largest absolute Gasteiger partial charge is 0.449 e. The minimum Gasteiger partial charge on any atom is -0.449 e. The van der Waals surface area contributed by atoms with Crippen LogP contribution in [-0.4, -0.2) is 18.0 Å². The highest BCUT2D eigenvalue weighted by atomic mass is 16.5. The van der Waals surface area contributed by atoms with Crippen molar-refractivity contribution < 1.29 is 14.3 Å². The number of nitrogens with one attached hydrogen (secondary N) is 1. The normalized spacial score (nSPS) is 11.7. The second-order valence-corrected chi connectivity index (χ2v) is 5.43. The maximum atomic E-state index is 12.4. The molecule has 3 aromatic carbocycles. The molecule has 4 heteroatoms. The second kappa shape index (κ2) is 6.96. The lowest BCUT2D eigenvalue weighted by Crippen LogP contribution is -2.30. The van der Waals surface area contributed by atoms with Gasteiger partial charge in [-0.2, -0.15) is 0 Å². The van der Waals surface area contributed by atoms with Crippen molar-refractivity contribution in [1.82, 2.24) is 0 Å². The molecule has 0 bridgehead atoms. The summed E-state index contributed by atoms with van der Waals surface area (Å²) in [6, 6.07) is 22.0. The molecule has 0 aliphatic carbocycles. The van der Waals surface area contributed by atoms with E-state index in [9.17, 15) is 9.59 Å². The fourth-order valence-electron chi connectivity index (χ4n) is 2.45. The van der Waals surface area contributed by atoms with E-state index in [1.807, 2.05) is 48.5 Å². The summed E-state index contributed by atoms with van der Waals surface area (Å²) < 4.78 is 5.33. The summed E-state index contributed by atoms with van der Waals surface area (Å²) in [4.78, 5) is 24.6. The number of carbonyl (C=O) groups is 2. The van der Waals surface area contributed by atoms with Crippen LogP contribution in [0.3, 0.4) is 0 Å². The summed E-state index contributed by atoms with van der Waals surface area (Å²) in [5, 5.41) is 4.48. The Kier molecular flexibility index (Phi) is 4.57. The van der Waals surface area contributed by atoms with Crippen LogP contribution < -0.4 is 5.32 Å². The van der Waals surface area contributed by atoms with Gasteiger partial charge in [-0.05, 0) is 35.9 Å². The molecule has 3 aromatic rings. The average molecular weight is 319 g/mol. The number of ether oxygens (including phenoxy) is 1. The van der Waals surface area contributed by atoms with Crippen molar-refractivity contribution in [3.05, 3.63) is 78.4 Å². The van der Waals surface area contributed by atoms with E-state index < -0.39 is 12.1 Å². The molecule has 0 fully saturated rings. The molecule has 120 valence electrons. The van der Waals surface area contributed by atoms with E-state index in [1.54, 1.807) is 31.2 Å². The number of esters is 1. The summed E-state index contributed by atoms with van der Waals surface area (Å²) in [6.07, 6.45) is -0.892. The fraction of sp³-hybridized carbons (Fsp3) is 0.100. The summed E-state index contributed by atoms with van der Waals surface area (Å²) in [6.45, 7) is 1.56. The number of fused-ring (bicyclic) bond motifs is 1. The summed E-state index contributed by atoms with van der Waals surface area (Å²) in [7, 11) is 0. The van der Waals surface area contributed by atoms with Gasteiger partial charge in [0.1, 0.15) is 0 Å². The van der Waals surface area contributed by atoms with E-state index in [1.165, 1.54) is 0 Å². The topological polar surface area (TPSA) is 55.4 Å². The van der Waals surface area contributed by atoms with E-state index in [-0.39, 0.29) is 5.91 Å². The first-order valence-corrected chi connectivity index (χ1v) is 7.70. The number of anilines is 1. The monoisotopic (exact) mass is 319 g/mol.